The van der Waals surface area contributed by atoms with E-state index < -0.39 is 0 Å². The van der Waals surface area contributed by atoms with E-state index in [1.165, 1.54) is 86.5 Å². The van der Waals surface area contributed by atoms with Gasteiger partial charge in [0.2, 0.25) is 0 Å². The van der Waals surface area contributed by atoms with Crippen molar-refractivity contribution in [2.75, 3.05) is 6.54 Å². The van der Waals surface area contributed by atoms with Crippen LogP contribution in [0, 0.1) is 11.8 Å². The Morgan fingerprint density at radius 3 is 0.870 bits per heavy atom. The molecular weight excluding hydrogens is 555 g/mol. The Bertz CT molecular complexity index is 793. The molecule has 2 unspecified atom stereocenters. The quantitative estimate of drug-likeness (QED) is 0.206. The minimum Gasteiger partial charge on any atom is -0.330 e. The van der Waals surface area contributed by atoms with Crippen LogP contribution < -0.4 is 5.73 Å². The van der Waals surface area contributed by atoms with E-state index in [1.807, 2.05) is 0 Å². The molecule has 0 saturated carbocycles. The van der Waals surface area contributed by atoms with Crippen molar-refractivity contribution in [3.8, 4) is 0 Å². The number of nitrogens with two attached hydrogens (primary N) is 1. The third kappa shape index (κ3) is 23.7. The van der Waals surface area contributed by atoms with Gasteiger partial charge in [-0.25, -0.2) is 0 Å². The number of hydrogen-bond acceptors (Lipinski definition) is 1. The fourth-order valence-electron chi connectivity index (χ4n) is 5.92. The summed E-state index contributed by atoms with van der Waals surface area (Å²) in [7, 11) is 0. The average molecular weight is 640 g/mol. The van der Waals surface area contributed by atoms with E-state index in [0.29, 0.717) is 10.8 Å². The molecule has 0 amide bonds. The molecule has 0 aliphatic heterocycles. The van der Waals surface area contributed by atoms with Crippen molar-refractivity contribution in [1.29, 1.82) is 0 Å². The van der Waals surface area contributed by atoms with Crippen LogP contribution in [0.5, 0.6) is 0 Å². The van der Waals surface area contributed by atoms with Gasteiger partial charge >= 0.3 is 0 Å². The number of hydrogen-bond donors (Lipinski definition) is 1. The third-order valence-electron chi connectivity index (χ3n) is 8.73. The molecule has 2 rings (SSSR count). The normalized spacial score (nSPS) is 13.0. The highest BCUT2D eigenvalue weighted by atomic mass is 14.5. The summed E-state index contributed by atoms with van der Waals surface area (Å²) < 4.78 is 0. The van der Waals surface area contributed by atoms with E-state index in [0.717, 1.165) is 37.6 Å². The van der Waals surface area contributed by atoms with Crippen LogP contribution in [0.25, 0.3) is 0 Å². The van der Waals surface area contributed by atoms with Gasteiger partial charge in [0.05, 0.1) is 0 Å². The highest BCUT2D eigenvalue weighted by Gasteiger charge is 2.27. The topological polar surface area (TPSA) is 26.0 Å². The maximum Gasteiger partial charge on any atom is -0.00729 e. The smallest absolute Gasteiger partial charge is 0.00729 e. The van der Waals surface area contributed by atoms with Crippen LogP contribution in [0.2, 0.25) is 0 Å². The summed E-state index contributed by atoms with van der Waals surface area (Å²) >= 11 is 0. The highest BCUT2D eigenvalue weighted by Crippen LogP contribution is 2.36. The lowest BCUT2D eigenvalue weighted by atomic mass is 9.73. The number of rotatable bonds is 15. The Balaban J connectivity index is -0.000000596. The van der Waals surface area contributed by atoms with E-state index in [4.69, 9.17) is 5.73 Å². The molecule has 2 atom stereocenters. The minimum absolute atomic E-state index is 0.356. The van der Waals surface area contributed by atoms with Crippen molar-refractivity contribution in [1.82, 2.24) is 0 Å². The number of aryl methyl sites for hydroxylation is 2. The number of benzene rings is 2. The second kappa shape index (κ2) is 30.7. The first kappa shape index (κ1) is 48.8. The van der Waals surface area contributed by atoms with Gasteiger partial charge in [-0.1, -0.05) is 191 Å². The van der Waals surface area contributed by atoms with Crippen molar-refractivity contribution in [3.63, 3.8) is 0 Å². The van der Waals surface area contributed by atoms with Crippen molar-refractivity contribution in [3.05, 3.63) is 70.8 Å². The Labute approximate surface area is 292 Å². The van der Waals surface area contributed by atoms with Gasteiger partial charge in [-0.05, 0) is 96.4 Å². The van der Waals surface area contributed by atoms with Gasteiger partial charge in [-0.3, -0.25) is 0 Å². The summed E-state index contributed by atoms with van der Waals surface area (Å²) in [4.78, 5) is 0. The van der Waals surface area contributed by atoms with Crippen molar-refractivity contribution in [2.24, 2.45) is 17.6 Å². The van der Waals surface area contributed by atoms with Gasteiger partial charge in [0.15, 0.2) is 0 Å². The Morgan fingerprint density at radius 2 is 0.717 bits per heavy atom. The molecule has 46 heavy (non-hydrogen) atoms. The molecule has 1 nitrogen and oxygen atoms in total. The molecule has 0 heterocycles. The van der Waals surface area contributed by atoms with Crippen molar-refractivity contribution >= 4 is 0 Å². The second-order valence-corrected chi connectivity index (χ2v) is 14.7. The molecule has 2 N–H and O–H groups in total. The van der Waals surface area contributed by atoms with Gasteiger partial charge in [0.25, 0.3) is 0 Å². The van der Waals surface area contributed by atoms with E-state index >= 15 is 0 Å². The van der Waals surface area contributed by atoms with E-state index in [2.05, 4.69) is 152 Å². The fraction of sp³-hybridized carbons (Fsp3) is 0.733. The highest BCUT2D eigenvalue weighted by molar-refractivity contribution is 5.30. The van der Waals surface area contributed by atoms with Crippen LogP contribution in [0.1, 0.15) is 197 Å². The van der Waals surface area contributed by atoms with Crippen LogP contribution >= 0.6 is 0 Å². The first-order valence-electron chi connectivity index (χ1n) is 19.7. The lowest BCUT2D eigenvalue weighted by molar-refractivity contribution is 0.342. The maximum absolute atomic E-state index is 5.03. The first-order chi connectivity index (χ1) is 21.8. The average Bonchev–Trinajstić information content (AvgIpc) is 3.05. The van der Waals surface area contributed by atoms with Gasteiger partial charge in [0.1, 0.15) is 0 Å². The van der Waals surface area contributed by atoms with Crippen LogP contribution in [0.4, 0.5) is 0 Å². The molecule has 0 bridgehead atoms. The Hall–Kier alpha value is -1.60. The molecule has 0 aliphatic carbocycles. The zero-order chi connectivity index (χ0) is 36.0. The zero-order valence-corrected chi connectivity index (χ0v) is 34.3. The standard InChI is InChI=1S/2C17H28.2C4H10.C3H9N/c2*1-6-12-17(5,13-14(3)4)16-10-8-15(7-2)9-11-16;2*1-3-4-2;1-2-3-4/h2*8-11,14H,6-7,12-13H2,1-5H3;2*3-4H2,1-2H3;2-4H2,1H3. The second-order valence-electron chi connectivity index (χ2n) is 14.7. The number of unbranched alkanes of at least 4 members (excludes halogenated alkanes) is 2. The lowest BCUT2D eigenvalue weighted by Gasteiger charge is -2.32. The van der Waals surface area contributed by atoms with Crippen molar-refractivity contribution < 1.29 is 0 Å². The Kier molecular flexibility index (Phi) is 32.6. The lowest BCUT2D eigenvalue weighted by Crippen LogP contribution is -2.24. The molecule has 0 saturated heterocycles. The molecule has 0 aromatic heterocycles. The fourth-order valence-corrected chi connectivity index (χ4v) is 5.92. The summed E-state index contributed by atoms with van der Waals surface area (Å²) in [6.07, 6.45) is 16.3. The summed E-state index contributed by atoms with van der Waals surface area (Å²) in [6, 6.07) is 18.6. The van der Waals surface area contributed by atoms with E-state index in [9.17, 15) is 0 Å². The minimum atomic E-state index is 0.356. The largest absolute Gasteiger partial charge is 0.330 e. The van der Waals surface area contributed by atoms with Crippen LogP contribution in [0.15, 0.2) is 48.5 Å². The zero-order valence-electron chi connectivity index (χ0n) is 34.3. The SMILES string of the molecule is CCCC.CCCC.CCCC(C)(CC(C)C)c1ccc(CC)cc1.CCCC(C)(CC(C)C)c1ccc(CC)cc1.CCCN. The van der Waals surface area contributed by atoms with Gasteiger partial charge in [-0.2, -0.15) is 0 Å². The molecule has 0 aliphatic rings. The Morgan fingerprint density at radius 1 is 0.457 bits per heavy atom. The molecule has 2 aromatic carbocycles. The van der Waals surface area contributed by atoms with Gasteiger partial charge in [-0.15, -0.1) is 0 Å². The van der Waals surface area contributed by atoms with E-state index in [1.54, 1.807) is 0 Å². The van der Waals surface area contributed by atoms with Crippen LogP contribution in [-0.2, 0) is 23.7 Å². The van der Waals surface area contributed by atoms with Gasteiger partial charge in [0, 0.05) is 0 Å². The summed E-state index contributed by atoms with van der Waals surface area (Å²) in [5.41, 5.74) is 11.7. The molecular formula is C45H85N. The maximum atomic E-state index is 5.03. The summed E-state index contributed by atoms with van der Waals surface area (Å²) in [6.45, 7) is 34.8. The van der Waals surface area contributed by atoms with Gasteiger partial charge < -0.3 is 5.73 Å². The molecule has 270 valence electrons. The predicted octanol–water partition coefficient (Wildman–Crippen LogP) is 14.7. The van der Waals surface area contributed by atoms with Crippen LogP contribution in [-0.4, -0.2) is 6.54 Å². The van der Waals surface area contributed by atoms with E-state index in [-0.39, 0.29) is 0 Å². The molecule has 0 fully saturated rings. The third-order valence-corrected chi connectivity index (χ3v) is 8.73. The van der Waals surface area contributed by atoms with Crippen LogP contribution in [0.3, 0.4) is 0 Å². The predicted molar refractivity (Wildman–Crippen MR) is 216 cm³/mol. The molecule has 2 aromatic rings. The molecule has 0 radical (unpaired) electrons. The monoisotopic (exact) mass is 640 g/mol. The first-order valence-corrected chi connectivity index (χ1v) is 19.7. The van der Waals surface area contributed by atoms with Crippen molar-refractivity contribution in [2.45, 2.75) is 198 Å². The summed E-state index contributed by atoms with van der Waals surface area (Å²) in [5.74, 6) is 1.52. The summed E-state index contributed by atoms with van der Waals surface area (Å²) in [5, 5.41) is 0. The molecule has 1 heteroatoms. The molecule has 0 spiro atoms.